The Hall–Kier alpha value is -3.38. The molecule has 2 amide bonds. The molecule has 36 heavy (non-hydrogen) atoms. The average Bonchev–Trinajstić information content (AvgIpc) is 3.23. The third-order valence-electron chi connectivity index (χ3n) is 7.10. The molecular weight excluding hydrogens is 448 g/mol. The number of amides is 2. The number of benzene rings is 2. The average molecular weight is 487 g/mol. The predicted molar refractivity (Wildman–Crippen MR) is 146 cm³/mol. The highest BCUT2D eigenvalue weighted by Gasteiger charge is 2.29. The number of unbranched alkanes of at least 4 members (excludes halogenated alkanes) is 1. The smallest absolute Gasteiger partial charge is 0.271 e. The van der Waals surface area contributed by atoms with E-state index in [9.17, 15) is 9.59 Å². The summed E-state index contributed by atoms with van der Waals surface area (Å²) in [7, 11) is 1.82. The minimum Gasteiger partial charge on any atom is -0.343 e. The van der Waals surface area contributed by atoms with Gasteiger partial charge >= 0.3 is 0 Å². The van der Waals surface area contributed by atoms with E-state index in [0.717, 1.165) is 47.5 Å². The van der Waals surface area contributed by atoms with Crippen molar-refractivity contribution in [3.05, 3.63) is 77.6 Å². The number of hydrogen-bond donors (Lipinski definition) is 0. The van der Waals surface area contributed by atoms with Crippen molar-refractivity contribution in [1.29, 1.82) is 0 Å². The maximum atomic E-state index is 13.9. The molecule has 2 aromatic carbocycles. The van der Waals surface area contributed by atoms with Crippen molar-refractivity contribution in [3.63, 3.8) is 0 Å². The first kappa shape index (κ1) is 25.7. The normalized spacial score (nSPS) is 14.2. The molecule has 1 aliphatic rings. The third-order valence-corrected chi connectivity index (χ3v) is 7.10. The Morgan fingerprint density at radius 3 is 2.22 bits per heavy atom. The SMILES string of the molecule is CCCCn1cc(C)c(-c2ccc(C)cc2)c1C(=O)N1CCN(CC(=O)N(C)c2ccccc2)CC1. The molecule has 0 N–H and O–H groups in total. The molecule has 0 aliphatic carbocycles. The van der Waals surface area contributed by atoms with Gasteiger partial charge in [0.1, 0.15) is 5.69 Å². The number of para-hydroxylation sites is 1. The zero-order valence-electron chi connectivity index (χ0n) is 22.0. The number of carbonyl (C=O) groups is 2. The maximum absolute atomic E-state index is 13.9. The van der Waals surface area contributed by atoms with Crippen LogP contribution < -0.4 is 4.90 Å². The maximum Gasteiger partial charge on any atom is 0.271 e. The second-order valence-corrected chi connectivity index (χ2v) is 9.81. The summed E-state index contributed by atoms with van der Waals surface area (Å²) < 4.78 is 2.15. The molecule has 0 spiro atoms. The van der Waals surface area contributed by atoms with Crippen molar-refractivity contribution >= 4 is 17.5 Å². The standard InChI is InChI=1S/C30H38N4O2/c1-5-6-16-34-21-24(3)28(25-14-12-23(2)13-15-25)29(34)30(36)33-19-17-32(18-20-33)22-27(35)31(4)26-10-8-7-9-11-26/h7-15,21H,5-6,16-20,22H2,1-4H3. The lowest BCUT2D eigenvalue weighted by atomic mass is 10.00. The molecule has 6 heteroatoms. The van der Waals surface area contributed by atoms with Gasteiger partial charge in [-0.1, -0.05) is 61.4 Å². The van der Waals surface area contributed by atoms with E-state index in [1.54, 1.807) is 4.90 Å². The number of rotatable bonds is 8. The summed E-state index contributed by atoms with van der Waals surface area (Å²) in [5.74, 6) is 0.147. The molecule has 190 valence electrons. The van der Waals surface area contributed by atoms with Crippen LogP contribution in [0.3, 0.4) is 0 Å². The van der Waals surface area contributed by atoms with Gasteiger partial charge in [0.2, 0.25) is 5.91 Å². The predicted octanol–water partition coefficient (Wildman–Crippen LogP) is 4.99. The van der Waals surface area contributed by atoms with Crippen LogP contribution in [0.25, 0.3) is 11.1 Å². The van der Waals surface area contributed by atoms with Crippen molar-refractivity contribution in [1.82, 2.24) is 14.4 Å². The van der Waals surface area contributed by atoms with Crippen molar-refractivity contribution in [2.75, 3.05) is 44.7 Å². The summed E-state index contributed by atoms with van der Waals surface area (Å²) in [5, 5.41) is 0. The van der Waals surface area contributed by atoms with E-state index < -0.39 is 0 Å². The minimum absolute atomic E-state index is 0.0618. The van der Waals surface area contributed by atoms with E-state index in [2.05, 4.69) is 60.7 Å². The Kier molecular flexibility index (Phi) is 8.26. The molecule has 2 heterocycles. The van der Waals surface area contributed by atoms with E-state index in [0.29, 0.717) is 32.7 Å². The van der Waals surface area contributed by atoms with Crippen LogP contribution in [0.15, 0.2) is 60.8 Å². The monoisotopic (exact) mass is 486 g/mol. The van der Waals surface area contributed by atoms with Crippen LogP contribution in [-0.4, -0.2) is 66.0 Å². The first-order chi connectivity index (χ1) is 17.4. The van der Waals surface area contributed by atoms with E-state index in [1.807, 2.05) is 42.3 Å². The Balaban J connectivity index is 1.47. The molecule has 1 aliphatic heterocycles. The zero-order valence-corrected chi connectivity index (χ0v) is 22.0. The highest BCUT2D eigenvalue weighted by atomic mass is 16.2. The summed E-state index contributed by atoms with van der Waals surface area (Å²) in [4.78, 5) is 32.5. The van der Waals surface area contributed by atoms with E-state index in [1.165, 1.54) is 5.56 Å². The van der Waals surface area contributed by atoms with Crippen molar-refractivity contribution in [2.24, 2.45) is 0 Å². The van der Waals surface area contributed by atoms with Crippen molar-refractivity contribution < 1.29 is 9.59 Å². The second-order valence-electron chi connectivity index (χ2n) is 9.81. The molecule has 1 saturated heterocycles. The molecule has 4 rings (SSSR count). The van der Waals surface area contributed by atoms with Gasteiger partial charge < -0.3 is 14.4 Å². The van der Waals surface area contributed by atoms with Crippen LogP contribution >= 0.6 is 0 Å². The number of likely N-dealkylation sites (N-methyl/N-ethyl adjacent to an activating group) is 1. The number of hydrogen-bond acceptors (Lipinski definition) is 3. The number of anilines is 1. The Labute approximate surface area is 215 Å². The fourth-order valence-electron chi connectivity index (χ4n) is 4.86. The van der Waals surface area contributed by atoms with Gasteiger partial charge in [-0.05, 0) is 43.5 Å². The minimum atomic E-state index is 0.0618. The van der Waals surface area contributed by atoms with Gasteiger partial charge in [0, 0.05) is 57.2 Å². The summed E-state index contributed by atoms with van der Waals surface area (Å²) in [6, 6.07) is 18.1. The highest BCUT2D eigenvalue weighted by Crippen LogP contribution is 2.31. The van der Waals surface area contributed by atoms with Gasteiger partial charge in [0.25, 0.3) is 5.91 Å². The molecule has 3 aromatic rings. The van der Waals surface area contributed by atoms with Crippen LogP contribution in [-0.2, 0) is 11.3 Å². The second kappa shape index (κ2) is 11.6. The Bertz CT molecular complexity index is 1180. The number of aromatic nitrogens is 1. The van der Waals surface area contributed by atoms with Crippen LogP contribution in [0.5, 0.6) is 0 Å². The quantitative estimate of drug-likeness (QED) is 0.451. The summed E-state index contributed by atoms with van der Waals surface area (Å²) in [5.41, 5.74) is 6.15. The molecule has 6 nitrogen and oxygen atoms in total. The van der Waals surface area contributed by atoms with Crippen LogP contribution in [0.4, 0.5) is 5.69 Å². The van der Waals surface area contributed by atoms with E-state index in [-0.39, 0.29) is 11.8 Å². The number of piperazine rings is 1. The van der Waals surface area contributed by atoms with E-state index in [4.69, 9.17) is 0 Å². The molecule has 0 radical (unpaired) electrons. The van der Waals surface area contributed by atoms with Crippen molar-refractivity contribution in [3.8, 4) is 11.1 Å². The number of nitrogens with zero attached hydrogens (tertiary/aromatic N) is 4. The highest BCUT2D eigenvalue weighted by molar-refractivity contribution is 6.00. The third kappa shape index (κ3) is 5.71. The summed E-state index contributed by atoms with van der Waals surface area (Å²) >= 11 is 0. The fourth-order valence-corrected chi connectivity index (χ4v) is 4.86. The molecule has 1 fully saturated rings. The van der Waals surface area contributed by atoms with Crippen LogP contribution in [0.1, 0.15) is 41.4 Å². The van der Waals surface area contributed by atoms with Crippen LogP contribution in [0.2, 0.25) is 0 Å². The largest absolute Gasteiger partial charge is 0.343 e. The fraction of sp³-hybridized carbons (Fsp3) is 0.400. The lowest BCUT2D eigenvalue weighted by Crippen LogP contribution is -2.51. The molecule has 0 unspecified atom stereocenters. The first-order valence-electron chi connectivity index (χ1n) is 13.0. The van der Waals surface area contributed by atoms with Crippen LogP contribution in [0, 0.1) is 13.8 Å². The zero-order chi connectivity index (χ0) is 25.7. The van der Waals surface area contributed by atoms with Gasteiger partial charge in [-0.3, -0.25) is 14.5 Å². The van der Waals surface area contributed by atoms with Gasteiger partial charge in [0.05, 0.1) is 6.54 Å². The Morgan fingerprint density at radius 1 is 0.917 bits per heavy atom. The molecule has 1 aromatic heterocycles. The first-order valence-corrected chi connectivity index (χ1v) is 13.0. The summed E-state index contributed by atoms with van der Waals surface area (Å²) in [6.45, 7) is 10.2. The molecule has 0 saturated carbocycles. The molecule has 0 bridgehead atoms. The van der Waals surface area contributed by atoms with Crippen molar-refractivity contribution in [2.45, 2.75) is 40.2 Å². The molecular formula is C30H38N4O2. The van der Waals surface area contributed by atoms with Gasteiger partial charge in [-0.2, -0.15) is 0 Å². The lowest BCUT2D eigenvalue weighted by molar-refractivity contribution is -0.119. The van der Waals surface area contributed by atoms with Gasteiger partial charge in [-0.15, -0.1) is 0 Å². The van der Waals surface area contributed by atoms with Gasteiger partial charge in [0.15, 0.2) is 0 Å². The van der Waals surface area contributed by atoms with E-state index >= 15 is 0 Å². The number of aryl methyl sites for hydroxylation is 3. The Morgan fingerprint density at radius 2 is 1.58 bits per heavy atom. The summed E-state index contributed by atoms with van der Waals surface area (Å²) in [6.07, 6.45) is 4.24. The number of carbonyl (C=O) groups excluding carboxylic acids is 2. The van der Waals surface area contributed by atoms with Gasteiger partial charge in [-0.25, -0.2) is 0 Å². The lowest BCUT2D eigenvalue weighted by Gasteiger charge is -2.35. The molecule has 0 atom stereocenters. The topological polar surface area (TPSA) is 48.8 Å².